The third-order valence-corrected chi connectivity index (χ3v) is 3.02. The van der Waals surface area contributed by atoms with Crippen molar-refractivity contribution in [3.05, 3.63) is 36.8 Å². The van der Waals surface area contributed by atoms with Gasteiger partial charge < -0.3 is 9.80 Å². The number of aromatic nitrogens is 1. The molecule has 0 bridgehead atoms. The molecule has 96 valence electrons. The Kier molecular flexibility index (Phi) is 3.92. The average molecular weight is 249 g/mol. The fourth-order valence-electron chi connectivity index (χ4n) is 2.09. The third-order valence-electron chi connectivity index (χ3n) is 3.02. The Labute approximate surface area is 106 Å². The first-order valence-corrected chi connectivity index (χ1v) is 5.99. The van der Waals surface area contributed by atoms with Gasteiger partial charge >= 0.3 is 0 Å². The summed E-state index contributed by atoms with van der Waals surface area (Å²) < 4.78 is 13.6. The van der Waals surface area contributed by atoms with E-state index in [4.69, 9.17) is 0 Å². The SMILES string of the molecule is C=CC(=O)N1CCCN(c2ncccc2F)CC1. The van der Waals surface area contributed by atoms with Gasteiger partial charge in [-0.2, -0.15) is 0 Å². The van der Waals surface area contributed by atoms with Gasteiger partial charge in [-0.15, -0.1) is 0 Å². The van der Waals surface area contributed by atoms with E-state index < -0.39 is 0 Å². The van der Waals surface area contributed by atoms with Crippen LogP contribution in [0, 0.1) is 5.82 Å². The Morgan fingerprint density at radius 3 is 2.94 bits per heavy atom. The Morgan fingerprint density at radius 1 is 1.39 bits per heavy atom. The molecule has 1 aliphatic heterocycles. The van der Waals surface area contributed by atoms with Gasteiger partial charge in [0.2, 0.25) is 5.91 Å². The first-order valence-electron chi connectivity index (χ1n) is 5.99. The van der Waals surface area contributed by atoms with E-state index in [0.717, 1.165) is 6.42 Å². The van der Waals surface area contributed by atoms with Crippen LogP contribution in [-0.2, 0) is 4.79 Å². The van der Waals surface area contributed by atoms with Crippen LogP contribution >= 0.6 is 0 Å². The quantitative estimate of drug-likeness (QED) is 0.744. The molecule has 1 amide bonds. The summed E-state index contributed by atoms with van der Waals surface area (Å²) in [6.07, 6.45) is 3.70. The summed E-state index contributed by atoms with van der Waals surface area (Å²) in [6, 6.07) is 2.98. The lowest BCUT2D eigenvalue weighted by atomic mass is 10.3. The first-order chi connectivity index (χ1) is 8.72. The van der Waals surface area contributed by atoms with Crippen molar-refractivity contribution >= 4 is 11.7 Å². The molecule has 1 fully saturated rings. The normalized spacial score (nSPS) is 16.3. The van der Waals surface area contributed by atoms with Gasteiger partial charge in [0.15, 0.2) is 11.6 Å². The number of carbonyl (C=O) groups is 1. The predicted octanol–water partition coefficient (Wildman–Crippen LogP) is 1.45. The van der Waals surface area contributed by atoms with Crippen LogP contribution in [0.4, 0.5) is 10.2 Å². The molecule has 0 unspecified atom stereocenters. The van der Waals surface area contributed by atoms with Crippen molar-refractivity contribution in [3.8, 4) is 0 Å². The number of carbonyl (C=O) groups excluding carboxylic acids is 1. The largest absolute Gasteiger partial charge is 0.352 e. The zero-order valence-electron chi connectivity index (χ0n) is 10.2. The van der Waals surface area contributed by atoms with Crippen molar-refractivity contribution in [3.63, 3.8) is 0 Å². The van der Waals surface area contributed by atoms with E-state index in [9.17, 15) is 9.18 Å². The average Bonchev–Trinajstić information content (AvgIpc) is 2.64. The number of halogens is 1. The molecular formula is C13H16FN3O. The molecule has 0 saturated carbocycles. The number of pyridine rings is 1. The maximum Gasteiger partial charge on any atom is 0.246 e. The summed E-state index contributed by atoms with van der Waals surface area (Å²) in [5.41, 5.74) is 0. The van der Waals surface area contributed by atoms with Crippen LogP contribution in [0.1, 0.15) is 6.42 Å². The van der Waals surface area contributed by atoms with Gasteiger partial charge in [-0.3, -0.25) is 4.79 Å². The highest BCUT2D eigenvalue weighted by molar-refractivity contribution is 5.87. The summed E-state index contributed by atoms with van der Waals surface area (Å²) in [5, 5.41) is 0. The maximum atomic E-state index is 13.6. The minimum atomic E-state index is -0.319. The molecule has 0 spiro atoms. The number of hydrogen-bond acceptors (Lipinski definition) is 3. The van der Waals surface area contributed by atoms with Gasteiger partial charge in [-0.05, 0) is 24.6 Å². The van der Waals surface area contributed by atoms with E-state index >= 15 is 0 Å². The molecule has 0 atom stereocenters. The monoisotopic (exact) mass is 249 g/mol. The highest BCUT2D eigenvalue weighted by atomic mass is 19.1. The van der Waals surface area contributed by atoms with E-state index in [1.54, 1.807) is 17.2 Å². The second-order valence-corrected chi connectivity index (χ2v) is 4.18. The highest BCUT2D eigenvalue weighted by Gasteiger charge is 2.19. The minimum Gasteiger partial charge on any atom is -0.352 e. The Bertz CT molecular complexity index is 450. The molecule has 1 aromatic heterocycles. The lowest BCUT2D eigenvalue weighted by Gasteiger charge is -2.22. The molecule has 1 saturated heterocycles. The van der Waals surface area contributed by atoms with Gasteiger partial charge in [0.05, 0.1) is 0 Å². The summed E-state index contributed by atoms with van der Waals surface area (Å²) in [6.45, 7) is 6.02. The van der Waals surface area contributed by atoms with Gasteiger partial charge in [-0.1, -0.05) is 6.58 Å². The molecule has 0 radical (unpaired) electrons. The molecule has 0 aromatic carbocycles. The molecule has 5 heteroatoms. The van der Waals surface area contributed by atoms with Crippen LogP contribution in [0.2, 0.25) is 0 Å². The third kappa shape index (κ3) is 2.67. The van der Waals surface area contributed by atoms with Crippen LogP contribution in [0.3, 0.4) is 0 Å². The molecule has 1 aromatic rings. The summed E-state index contributed by atoms with van der Waals surface area (Å²) >= 11 is 0. The minimum absolute atomic E-state index is 0.0710. The van der Waals surface area contributed by atoms with Crippen molar-refractivity contribution in [2.45, 2.75) is 6.42 Å². The van der Waals surface area contributed by atoms with E-state index in [1.807, 2.05) is 4.90 Å². The van der Waals surface area contributed by atoms with Gasteiger partial charge in [0.25, 0.3) is 0 Å². The summed E-state index contributed by atoms with van der Waals surface area (Å²) in [5.74, 6) is -0.0234. The van der Waals surface area contributed by atoms with Crippen molar-refractivity contribution < 1.29 is 9.18 Å². The van der Waals surface area contributed by atoms with Gasteiger partial charge in [0, 0.05) is 32.4 Å². The number of amides is 1. The fraction of sp³-hybridized carbons (Fsp3) is 0.385. The molecular weight excluding hydrogens is 233 g/mol. The molecule has 18 heavy (non-hydrogen) atoms. The predicted molar refractivity (Wildman–Crippen MR) is 67.8 cm³/mol. The standard InChI is InChI=1S/C13H16FN3O/c1-2-12(18)16-7-4-8-17(10-9-16)13-11(14)5-3-6-15-13/h2-3,5-6H,1,4,7-10H2. The second kappa shape index (κ2) is 5.62. The fourth-order valence-corrected chi connectivity index (χ4v) is 2.09. The van der Waals surface area contributed by atoms with Crippen LogP contribution in [0.25, 0.3) is 0 Å². The number of rotatable bonds is 2. The summed E-state index contributed by atoms with van der Waals surface area (Å²) in [7, 11) is 0. The number of hydrogen-bond donors (Lipinski definition) is 0. The smallest absolute Gasteiger partial charge is 0.246 e. The van der Waals surface area contributed by atoms with E-state index in [2.05, 4.69) is 11.6 Å². The van der Waals surface area contributed by atoms with Crippen LogP contribution in [0.5, 0.6) is 0 Å². The maximum absolute atomic E-state index is 13.6. The van der Waals surface area contributed by atoms with Crippen LogP contribution in [-0.4, -0.2) is 42.0 Å². The molecule has 2 heterocycles. The van der Waals surface area contributed by atoms with Crippen LogP contribution in [0.15, 0.2) is 31.0 Å². The van der Waals surface area contributed by atoms with Gasteiger partial charge in [-0.25, -0.2) is 9.37 Å². The highest BCUT2D eigenvalue weighted by Crippen LogP contribution is 2.17. The Balaban J connectivity index is 2.08. The van der Waals surface area contributed by atoms with Crippen LogP contribution < -0.4 is 4.90 Å². The van der Waals surface area contributed by atoms with Crippen molar-refractivity contribution in [1.82, 2.24) is 9.88 Å². The lowest BCUT2D eigenvalue weighted by Crippen LogP contribution is -2.34. The van der Waals surface area contributed by atoms with E-state index in [0.29, 0.717) is 32.0 Å². The lowest BCUT2D eigenvalue weighted by molar-refractivity contribution is -0.125. The Morgan fingerprint density at radius 2 is 2.22 bits per heavy atom. The van der Waals surface area contributed by atoms with Gasteiger partial charge in [0.1, 0.15) is 0 Å². The first kappa shape index (κ1) is 12.5. The number of nitrogens with zero attached hydrogens (tertiary/aromatic N) is 3. The molecule has 1 aliphatic rings. The summed E-state index contributed by atoms with van der Waals surface area (Å²) in [4.78, 5) is 19.2. The zero-order chi connectivity index (χ0) is 13.0. The van der Waals surface area contributed by atoms with Crippen molar-refractivity contribution in [2.24, 2.45) is 0 Å². The second-order valence-electron chi connectivity index (χ2n) is 4.18. The number of anilines is 1. The topological polar surface area (TPSA) is 36.4 Å². The zero-order valence-corrected chi connectivity index (χ0v) is 10.2. The molecule has 2 rings (SSSR count). The van der Waals surface area contributed by atoms with Crippen molar-refractivity contribution in [2.75, 3.05) is 31.1 Å². The van der Waals surface area contributed by atoms with E-state index in [1.165, 1.54) is 12.1 Å². The van der Waals surface area contributed by atoms with Crippen molar-refractivity contribution in [1.29, 1.82) is 0 Å². The molecule has 0 N–H and O–H groups in total. The molecule has 4 nitrogen and oxygen atoms in total. The molecule has 0 aliphatic carbocycles. The Hall–Kier alpha value is -1.91. The van der Waals surface area contributed by atoms with E-state index in [-0.39, 0.29) is 11.7 Å².